The van der Waals surface area contributed by atoms with E-state index in [0.29, 0.717) is 6.54 Å². The van der Waals surface area contributed by atoms with Gasteiger partial charge in [0.15, 0.2) is 0 Å². The molecule has 0 aliphatic heterocycles. The summed E-state index contributed by atoms with van der Waals surface area (Å²) in [5.41, 5.74) is -4.37. The molecule has 1 aromatic rings. The number of nitrogens with one attached hydrogen (secondary N) is 2. The molecule has 0 saturated carbocycles. The fraction of sp³-hybridized carbons (Fsp3) is 0.500. The van der Waals surface area contributed by atoms with Crippen LogP contribution < -0.4 is 10.0 Å². The average Bonchev–Trinajstić information content (AvgIpc) is 2.35. The molecular weight excluding hydrogens is 315 g/mol. The summed E-state index contributed by atoms with van der Waals surface area (Å²) in [5.74, 6) is -0.217. The fourth-order valence-corrected chi connectivity index (χ4v) is 3.06. The molecule has 0 aromatic carbocycles. The van der Waals surface area contributed by atoms with E-state index in [1.54, 1.807) is 6.92 Å². The number of nitrogens with zero attached hydrogens (tertiary/aromatic N) is 1. The molecule has 0 spiro atoms. The Morgan fingerprint density at radius 2 is 2.10 bits per heavy atom. The van der Waals surface area contributed by atoms with Crippen molar-refractivity contribution in [2.45, 2.75) is 17.3 Å². The molecule has 0 bridgehead atoms. The molecule has 1 rings (SSSR count). The number of hydrogen-bond donors (Lipinski definition) is 2. The lowest BCUT2D eigenvalue weighted by Crippen LogP contribution is -2.27. The second-order valence-electron chi connectivity index (χ2n) is 3.57. The van der Waals surface area contributed by atoms with Crippen LogP contribution in [0.2, 0.25) is 0 Å². The second-order valence-corrected chi connectivity index (χ2v) is 6.47. The van der Waals surface area contributed by atoms with Gasteiger partial charge in [-0.3, -0.25) is 0 Å². The Kier molecular flexibility index (Phi) is 6.08. The van der Waals surface area contributed by atoms with Crippen LogP contribution in [0.3, 0.4) is 0 Å². The van der Waals surface area contributed by atoms with Gasteiger partial charge in [-0.15, -0.1) is 0 Å². The van der Waals surface area contributed by atoms with E-state index in [-0.39, 0.29) is 34.8 Å². The highest BCUT2D eigenvalue weighted by Crippen LogP contribution is 2.29. The lowest BCUT2D eigenvalue weighted by atomic mass is 10.4. The molecule has 5 nitrogen and oxygen atoms in total. The number of anilines is 1. The molecule has 0 unspecified atom stereocenters. The number of pyridine rings is 1. The average molecular weight is 329 g/mol. The summed E-state index contributed by atoms with van der Waals surface area (Å²) >= 11 is -0.274. The minimum absolute atomic E-state index is 0.0844. The Morgan fingerprint density at radius 3 is 2.70 bits per heavy atom. The molecule has 0 atom stereocenters. The van der Waals surface area contributed by atoms with Crippen molar-refractivity contribution in [1.29, 1.82) is 0 Å². The van der Waals surface area contributed by atoms with Gasteiger partial charge in [-0.25, -0.2) is 18.1 Å². The van der Waals surface area contributed by atoms with Crippen LogP contribution in [-0.2, 0) is 10.0 Å². The van der Waals surface area contributed by atoms with Crippen molar-refractivity contribution < 1.29 is 21.6 Å². The standard InChI is InChI=1S/C10H14F3N3O2S2/c1-2-14-9-8(4-3-5-15-9)20(17,18)16-6-7-19-10(11,12)13/h3-5,16H,2,6-7H2,1H3,(H,14,15). The highest BCUT2D eigenvalue weighted by molar-refractivity contribution is 8.00. The Labute approximate surface area is 119 Å². The number of thioether (sulfide) groups is 1. The van der Waals surface area contributed by atoms with Gasteiger partial charge in [-0.2, -0.15) is 13.2 Å². The Morgan fingerprint density at radius 1 is 1.40 bits per heavy atom. The Hall–Kier alpha value is -1.00. The van der Waals surface area contributed by atoms with Crippen molar-refractivity contribution in [3.05, 3.63) is 18.3 Å². The Balaban J connectivity index is 2.69. The maximum Gasteiger partial charge on any atom is 0.441 e. The van der Waals surface area contributed by atoms with Gasteiger partial charge < -0.3 is 5.32 Å². The molecule has 0 radical (unpaired) electrons. The third-order valence-corrected chi connectivity index (χ3v) is 4.29. The van der Waals surface area contributed by atoms with Crippen LogP contribution >= 0.6 is 11.8 Å². The number of halogens is 3. The predicted octanol–water partition coefficient (Wildman–Crippen LogP) is 2.04. The van der Waals surface area contributed by atoms with Crippen LogP contribution in [0, 0.1) is 0 Å². The van der Waals surface area contributed by atoms with E-state index in [2.05, 4.69) is 15.0 Å². The third-order valence-electron chi connectivity index (χ3n) is 2.06. The van der Waals surface area contributed by atoms with Crippen molar-refractivity contribution >= 4 is 27.6 Å². The van der Waals surface area contributed by atoms with E-state index in [9.17, 15) is 21.6 Å². The van der Waals surface area contributed by atoms with Crippen molar-refractivity contribution in [1.82, 2.24) is 9.71 Å². The first kappa shape index (κ1) is 17.1. The number of hydrogen-bond acceptors (Lipinski definition) is 5. The van der Waals surface area contributed by atoms with Gasteiger partial charge in [-0.05, 0) is 30.8 Å². The van der Waals surface area contributed by atoms with Crippen molar-refractivity contribution in [3.8, 4) is 0 Å². The van der Waals surface area contributed by atoms with Gasteiger partial charge in [-0.1, -0.05) is 0 Å². The van der Waals surface area contributed by atoms with Crippen molar-refractivity contribution in [2.75, 3.05) is 24.2 Å². The molecule has 2 N–H and O–H groups in total. The van der Waals surface area contributed by atoms with Crippen LogP contribution in [0.4, 0.5) is 19.0 Å². The molecule has 1 aromatic heterocycles. The molecule has 0 saturated heterocycles. The van der Waals surface area contributed by atoms with Gasteiger partial charge in [0, 0.05) is 25.0 Å². The van der Waals surface area contributed by atoms with Crippen molar-refractivity contribution in [3.63, 3.8) is 0 Å². The van der Waals surface area contributed by atoms with Gasteiger partial charge >= 0.3 is 5.51 Å². The molecule has 0 aliphatic rings. The van der Waals surface area contributed by atoms with Crippen LogP contribution in [0.15, 0.2) is 23.2 Å². The predicted molar refractivity (Wildman–Crippen MR) is 72.1 cm³/mol. The summed E-state index contributed by atoms with van der Waals surface area (Å²) in [6.45, 7) is 1.94. The zero-order chi connectivity index (χ0) is 15.2. The molecular formula is C10H14F3N3O2S2. The van der Waals surface area contributed by atoms with E-state index >= 15 is 0 Å². The molecule has 0 fully saturated rings. The van der Waals surface area contributed by atoms with E-state index in [4.69, 9.17) is 0 Å². The number of sulfonamides is 1. The molecule has 114 valence electrons. The molecule has 1 heterocycles. The largest absolute Gasteiger partial charge is 0.441 e. The maximum atomic E-state index is 12.0. The zero-order valence-electron chi connectivity index (χ0n) is 10.6. The first-order valence-electron chi connectivity index (χ1n) is 5.65. The normalized spacial score (nSPS) is 12.4. The highest BCUT2D eigenvalue weighted by atomic mass is 32.2. The summed E-state index contributed by atoms with van der Waals surface area (Å²) in [5, 5.41) is 2.78. The minimum Gasteiger partial charge on any atom is -0.369 e. The number of rotatable bonds is 7. The molecule has 10 heteroatoms. The molecule has 0 aliphatic carbocycles. The molecule has 0 amide bonds. The van der Waals surface area contributed by atoms with E-state index in [0.717, 1.165) is 0 Å². The van der Waals surface area contributed by atoms with E-state index < -0.39 is 15.5 Å². The highest BCUT2D eigenvalue weighted by Gasteiger charge is 2.28. The quantitative estimate of drug-likeness (QED) is 0.749. The molecule has 20 heavy (non-hydrogen) atoms. The van der Waals surface area contributed by atoms with Gasteiger partial charge in [0.25, 0.3) is 0 Å². The van der Waals surface area contributed by atoms with Crippen LogP contribution in [-0.4, -0.2) is 37.8 Å². The third kappa shape index (κ3) is 5.55. The zero-order valence-corrected chi connectivity index (χ0v) is 12.2. The fourth-order valence-electron chi connectivity index (χ4n) is 1.33. The minimum atomic E-state index is -4.37. The van der Waals surface area contributed by atoms with Crippen LogP contribution in [0.5, 0.6) is 0 Å². The van der Waals surface area contributed by atoms with Crippen molar-refractivity contribution in [2.24, 2.45) is 0 Å². The first-order chi connectivity index (χ1) is 9.26. The smallest absolute Gasteiger partial charge is 0.369 e. The summed E-state index contributed by atoms with van der Waals surface area (Å²) in [4.78, 5) is 3.80. The maximum absolute atomic E-state index is 12.0. The lowest BCUT2D eigenvalue weighted by Gasteiger charge is -2.11. The summed E-state index contributed by atoms with van der Waals surface area (Å²) in [6, 6.07) is 2.78. The van der Waals surface area contributed by atoms with E-state index in [1.807, 2.05) is 0 Å². The van der Waals surface area contributed by atoms with Crippen LogP contribution in [0.25, 0.3) is 0 Å². The first-order valence-corrected chi connectivity index (χ1v) is 8.12. The SMILES string of the molecule is CCNc1ncccc1S(=O)(=O)NCCSC(F)(F)F. The topological polar surface area (TPSA) is 71.1 Å². The van der Waals surface area contributed by atoms with E-state index in [1.165, 1.54) is 18.3 Å². The summed E-state index contributed by atoms with van der Waals surface area (Å²) in [6.07, 6.45) is 1.43. The second kappa shape index (κ2) is 7.14. The van der Waals surface area contributed by atoms with Crippen LogP contribution in [0.1, 0.15) is 6.92 Å². The summed E-state index contributed by atoms with van der Waals surface area (Å²) in [7, 11) is -3.89. The van der Waals surface area contributed by atoms with Gasteiger partial charge in [0.2, 0.25) is 10.0 Å². The monoisotopic (exact) mass is 329 g/mol. The number of aromatic nitrogens is 1. The van der Waals surface area contributed by atoms with Gasteiger partial charge in [0.1, 0.15) is 10.7 Å². The number of alkyl halides is 3. The Bertz CT molecular complexity index is 535. The lowest BCUT2D eigenvalue weighted by molar-refractivity contribution is -0.0327. The van der Waals surface area contributed by atoms with Gasteiger partial charge in [0.05, 0.1) is 0 Å². The summed E-state index contributed by atoms with van der Waals surface area (Å²) < 4.78 is 61.8.